The number of ether oxygens (including phenoxy) is 1. The molecule has 5 rings (SSSR count). The Kier molecular flexibility index (Phi) is 11.9. The maximum absolute atomic E-state index is 13.3. The van der Waals surface area contributed by atoms with Crippen molar-refractivity contribution >= 4 is 33.4 Å². The zero-order chi connectivity index (χ0) is 36.0. The minimum atomic E-state index is -4.93. The zero-order valence-corrected chi connectivity index (χ0v) is 27.8. The highest BCUT2D eigenvalue weighted by Gasteiger charge is 2.61. The first-order valence-electron chi connectivity index (χ1n) is 15.8. The number of methoxy groups -OCH3 is 1. The molecule has 0 radical (unpaired) electrons. The Labute approximate surface area is 281 Å². The quantitative estimate of drug-likeness (QED) is 0.159. The van der Waals surface area contributed by atoms with Gasteiger partial charge < -0.3 is 15.0 Å². The highest BCUT2D eigenvalue weighted by atomic mass is 19.4. The van der Waals surface area contributed by atoms with Crippen molar-refractivity contribution in [1.29, 1.82) is 0 Å². The lowest BCUT2D eigenvalue weighted by molar-refractivity contribution is -0.236. The molecule has 1 aliphatic rings. The van der Waals surface area contributed by atoms with Gasteiger partial charge >= 0.3 is 18.3 Å². The molecule has 0 unspecified atom stereocenters. The number of likely N-dealkylation sites (N-methyl/N-ethyl adjacent to an activating group) is 1. The summed E-state index contributed by atoms with van der Waals surface area (Å²) in [7, 11) is 5.25. The Balaban J connectivity index is 0.000000223. The number of nitrogens with zero attached hydrogens (tertiary/aromatic N) is 3. The van der Waals surface area contributed by atoms with Gasteiger partial charge in [0, 0.05) is 23.7 Å². The van der Waals surface area contributed by atoms with Gasteiger partial charge in [0.15, 0.2) is 0 Å². The number of benzene rings is 3. The summed E-state index contributed by atoms with van der Waals surface area (Å²) in [6.45, 7) is 0.103. The summed E-state index contributed by atoms with van der Waals surface area (Å²) < 4.78 is 80.9. The van der Waals surface area contributed by atoms with Crippen LogP contribution in [0.1, 0.15) is 24.0 Å². The average molecular weight is 691 g/mol. The largest absolute Gasteiger partial charge is 0.468 e. The molecule has 0 spiro atoms. The molecule has 0 bridgehead atoms. The SMILES string of the molecule is COC(=O)CNC(=O)C1(C(F)(F)F)CCN(CC(F)(F)F)CC1.Cc1cccc2c(-c3nccc4c(CCN(C)C)cccc34)cccc12. The number of hydrogen-bond acceptors (Lipinski definition) is 6. The van der Waals surface area contributed by atoms with Crippen molar-refractivity contribution in [2.75, 3.05) is 53.9 Å². The van der Waals surface area contributed by atoms with Crippen LogP contribution in [-0.4, -0.2) is 92.9 Å². The van der Waals surface area contributed by atoms with Crippen molar-refractivity contribution in [3.8, 4) is 11.3 Å². The van der Waals surface area contributed by atoms with Gasteiger partial charge in [-0.1, -0.05) is 54.6 Å². The number of likely N-dealkylation sites (tertiary alicyclic amines) is 1. The third-order valence-corrected chi connectivity index (χ3v) is 8.83. The van der Waals surface area contributed by atoms with E-state index in [9.17, 15) is 35.9 Å². The number of carbonyl (C=O) groups is 2. The van der Waals surface area contributed by atoms with Crippen molar-refractivity contribution in [1.82, 2.24) is 20.1 Å². The predicted molar refractivity (Wildman–Crippen MR) is 177 cm³/mol. The summed E-state index contributed by atoms with van der Waals surface area (Å²) >= 11 is 0. The number of rotatable bonds is 8. The maximum atomic E-state index is 13.3. The molecule has 1 amide bonds. The molecule has 1 aliphatic heterocycles. The van der Waals surface area contributed by atoms with Gasteiger partial charge in [0.25, 0.3) is 0 Å². The molecular formula is C36H40F6N4O3. The van der Waals surface area contributed by atoms with Crippen molar-refractivity contribution < 1.29 is 40.7 Å². The molecule has 0 saturated carbocycles. The lowest BCUT2D eigenvalue weighted by Gasteiger charge is -2.41. The monoisotopic (exact) mass is 690 g/mol. The topological polar surface area (TPSA) is 74.8 Å². The first-order valence-corrected chi connectivity index (χ1v) is 15.8. The van der Waals surface area contributed by atoms with E-state index in [0.29, 0.717) is 0 Å². The van der Waals surface area contributed by atoms with Gasteiger partial charge in [0.2, 0.25) is 5.91 Å². The number of fused-ring (bicyclic) bond motifs is 2. The van der Waals surface area contributed by atoms with Crippen LogP contribution in [0.15, 0.2) is 66.9 Å². The van der Waals surface area contributed by atoms with Crippen molar-refractivity contribution in [2.45, 2.75) is 38.5 Å². The smallest absolute Gasteiger partial charge is 0.403 e. The van der Waals surface area contributed by atoms with Gasteiger partial charge in [-0.15, -0.1) is 0 Å². The minimum Gasteiger partial charge on any atom is -0.468 e. The lowest BCUT2D eigenvalue weighted by Crippen LogP contribution is -2.57. The molecular weight excluding hydrogens is 650 g/mol. The van der Waals surface area contributed by atoms with E-state index in [2.05, 4.69) is 91.3 Å². The maximum Gasteiger partial charge on any atom is 0.403 e. The van der Waals surface area contributed by atoms with Crippen molar-refractivity contribution in [3.05, 3.63) is 78.0 Å². The fraction of sp³-hybridized carbons (Fsp3) is 0.417. The summed E-state index contributed by atoms with van der Waals surface area (Å²) in [4.78, 5) is 30.6. The number of halogens is 6. The standard InChI is InChI=1S/C24H24N2.C12H16F6N2O3/c1-17-7-4-10-21-19(17)9-6-12-23(21)24-22-11-5-8-18(14-16-26(2)3)20(22)13-15-25-24;1-23-8(21)6-19-9(22)10(12(16,17)18)2-4-20(5-3-10)7-11(13,14)15/h4-13,15H,14,16H2,1-3H3;2-7H2,1H3,(H,19,22). The molecule has 264 valence electrons. The number of aryl methyl sites for hydroxylation is 1. The van der Waals surface area contributed by atoms with Gasteiger partial charge in [-0.3, -0.25) is 19.5 Å². The molecule has 1 aromatic heterocycles. The summed E-state index contributed by atoms with van der Waals surface area (Å²) in [5, 5.41) is 6.95. The van der Waals surface area contributed by atoms with Gasteiger partial charge in [-0.2, -0.15) is 26.3 Å². The zero-order valence-electron chi connectivity index (χ0n) is 27.8. The van der Waals surface area contributed by atoms with Crippen LogP contribution < -0.4 is 5.32 Å². The second kappa shape index (κ2) is 15.5. The Morgan fingerprint density at radius 2 is 1.53 bits per heavy atom. The minimum absolute atomic E-state index is 0.523. The number of amides is 1. The molecule has 4 aromatic rings. The third kappa shape index (κ3) is 9.07. The second-order valence-electron chi connectivity index (χ2n) is 12.4. The van der Waals surface area contributed by atoms with E-state index < -0.39 is 68.7 Å². The van der Waals surface area contributed by atoms with Crippen LogP contribution >= 0.6 is 0 Å². The van der Waals surface area contributed by atoms with E-state index in [-0.39, 0.29) is 0 Å². The van der Waals surface area contributed by atoms with Crippen LogP contribution in [0.5, 0.6) is 0 Å². The van der Waals surface area contributed by atoms with E-state index in [1.165, 1.54) is 38.2 Å². The van der Waals surface area contributed by atoms with Crippen LogP contribution in [-0.2, 0) is 20.7 Å². The van der Waals surface area contributed by atoms with E-state index >= 15 is 0 Å². The lowest BCUT2D eigenvalue weighted by atomic mass is 9.76. The number of aromatic nitrogens is 1. The molecule has 1 saturated heterocycles. The fourth-order valence-electron chi connectivity index (χ4n) is 6.10. The van der Waals surface area contributed by atoms with Gasteiger partial charge in [0.05, 0.1) is 19.3 Å². The Morgan fingerprint density at radius 1 is 0.898 bits per heavy atom. The molecule has 13 heteroatoms. The van der Waals surface area contributed by atoms with E-state index in [1.54, 1.807) is 0 Å². The fourth-order valence-corrected chi connectivity index (χ4v) is 6.10. The van der Waals surface area contributed by atoms with Crippen molar-refractivity contribution in [2.24, 2.45) is 5.41 Å². The number of nitrogens with one attached hydrogen (secondary N) is 1. The predicted octanol–water partition coefficient (Wildman–Crippen LogP) is 6.95. The van der Waals surface area contributed by atoms with Crippen LogP contribution in [0.25, 0.3) is 32.8 Å². The molecule has 2 heterocycles. The molecule has 1 N–H and O–H groups in total. The number of hydrogen-bond donors (Lipinski definition) is 1. The van der Waals surface area contributed by atoms with E-state index in [0.717, 1.165) is 30.7 Å². The van der Waals surface area contributed by atoms with Crippen molar-refractivity contribution in [3.63, 3.8) is 0 Å². The number of pyridine rings is 1. The van der Waals surface area contributed by atoms with E-state index in [4.69, 9.17) is 4.98 Å². The first kappa shape index (κ1) is 37.6. The molecule has 1 fully saturated rings. The number of piperidine rings is 1. The first-order chi connectivity index (χ1) is 23.1. The summed E-state index contributed by atoms with van der Waals surface area (Å²) in [6, 6.07) is 21.8. The second-order valence-corrected chi connectivity index (χ2v) is 12.4. The number of carbonyl (C=O) groups excluding carboxylic acids is 2. The normalized spacial score (nSPS) is 15.2. The summed E-state index contributed by atoms with van der Waals surface area (Å²) in [5.74, 6) is -2.35. The van der Waals surface area contributed by atoms with Crippen LogP contribution in [0.3, 0.4) is 0 Å². The number of esters is 1. The number of alkyl halides is 6. The van der Waals surface area contributed by atoms with Gasteiger partial charge in [-0.25, -0.2) is 0 Å². The molecule has 7 nitrogen and oxygen atoms in total. The molecule has 0 atom stereocenters. The van der Waals surface area contributed by atoms with Crippen LogP contribution in [0.4, 0.5) is 26.3 Å². The highest BCUT2D eigenvalue weighted by Crippen LogP contribution is 2.47. The molecule has 0 aliphatic carbocycles. The molecule has 3 aromatic carbocycles. The Hall–Kier alpha value is -4.23. The highest BCUT2D eigenvalue weighted by molar-refractivity contribution is 6.05. The van der Waals surface area contributed by atoms with Gasteiger partial charge in [-0.05, 0) is 86.7 Å². The summed E-state index contributed by atoms with van der Waals surface area (Å²) in [5.41, 5.74) is 2.17. The Bertz CT molecular complexity index is 1770. The Morgan fingerprint density at radius 3 is 2.16 bits per heavy atom. The van der Waals surface area contributed by atoms with Gasteiger partial charge in [0.1, 0.15) is 12.0 Å². The molecule has 49 heavy (non-hydrogen) atoms. The summed E-state index contributed by atoms with van der Waals surface area (Å²) in [6.07, 6.45) is -8.07. The average Bonchev–Trinajstić information content (AvgIpc) is 3.05. The van der Waals surface area contributed by atoms with Crippen LogP contribution in [0, 0.1) is 12.3 Å². The van der Waals surface area contributed by atoms with E-state index in [1.807, 2.05) is 11.5 Å². The third-order valence-electron chi connectivity index (χ3n) is 8.83. The van der Waals surface area contributed by atoms with Crippen LogP contribution in [0.2, 0.25) is 0 Å².